The maximum Gasteiger partial charge on any atom is 0.328 e. The number of carboxylic acids is 2. The molecule has 27 heavy (non-hydrogen) atoms. The molecule has 1 aromatic carbocycles. The average molecular weight is 372 g/mol. The van der Waals surface area contributed by atoms with Crippen LogP contribution in [0.25, 0.3) is 11.0 Å². The van der Waals surface area contributed by atoms with E-state index in [4.69, 9.17) is 25.2 Å². The summed E-state index contributed by atoms with van der Waals surface area (Å²) in [5, 5.41) is 20.8. The molecule has 0 amide bonds. The molecule has 2 aromatic rings. The normalized spacial score (nSPS) is 19.3. The zero-order chi connectivity index (χ0) is 19.9. The van der Waals surface area contributed by atoms with E-state index in [2.05, 4.69) is 11.7 Å². The first kappa shape index (κ1) is 19.9. The van der Waals surface area contributed by atoms with Crippen molar-refractivity contribution in [1.29, 1.82) is 0 Å². The summed E-state index contributed by atoms with van der Waals surface area (Å²) < 4.78 is 11.2. The second kappa shape index (κ2) is 8.81. The van der Waals surface area contributed by atoms with Crippen molar-refractivity contribution in [2.45, 2.75) is 24.5 Å². The first-order valence-corrected chi connectivity index (χ1v) is 8.09. The average Bonchev–Trinajstić information content (AvgIpc) is 3.28. The highest BCUT2D eigenvalue weighted by atomic mass is 16.5. The van der Waals surface area contributed by atoms with Crippen LogP contribution in [0.3, 0.4) is 0 Å². The van der Waals surface area contributed by atoms with Crippen molar-refractivity contribution in [3.63, 3.8) is 0 Å². The molecule has 0 saturated carbocycles. The van der Waals surface area contributed by atoms with E-state index in [1.54, 1.807) is 12.3 Å². The SMILES string of the molecule is C=CCC(N)C1(c2noc3ccccc23)CC=CO1.O=C(O)/C=C/C(=O)O. The second-order valence-electron chi connectivity index (χ2n) is 5.75. The molecular formula is C19H20N2O6. The molecule has 2 unspecified atom stereocenters. The Morgan fingerprint density at radius 2 is 1.96 bits per heavy atom. The number of carbonyl (C=O) groups is 2. The Labute approximate surface area is 155 Å². The first-order valence-electron chi connectivity index (χ1n) is 8.09. The predicted molar refractivity (Wildman–Crippen MR) is 97.7 cm³/mol. The summed E-state index contributed by atoms with van der Waals surface area (Å²) in [5.74, 6) is -2.51. The lowest BCUT2D eigenvalue weighted by molar-refractivity contribution is -0.134. The highest BCUT2D eigenvalue weighted by Crippen LogP contribution is 2.40. The van der Waals surface area contributed by atoms with E-state index in [1.807, 2.05) is 30.3 Å². The van der Waals surface area contributed by atoms with Crippen LogP contribution in [0.4, 0.5) is 0 Å². The van der Waals surface area contributed by atoms with Crippen molar-refractivity contribution >= 4 is 22.9 Å². The maximum atomic E-state index is 9.55. The fourth-order valence-corrected chi connectivity index (χ4v) is 2.71. The van der Waals surface area contributed by atoms with Crippen molar-refractivity contribution < 1.29 is 29.1 Å². The van der Waals surface area contributed by atoms with Gasteiger partial charge < -0.3 is 25.2 Å². The Morgan fingerprint density at radius 3 is 2.52 bits per heavy atom. The quantitative estimate of drug-likeness (QED) is 0.520. The van der Waals surface area contributed by atoms with E-state index >= 15 is 0 Å². The van der Waals surface area contributed by atoms with Gasteiger partial charge in [-0.3, -0.25) is 0 Å². The molecular weight excluding hydrogens is 352 g/mol. The Bertz CT molecular complexity index is 859. The van der Waals surface area contributed by atoms with Gasteiger partial charge in [0.15, 0.2) is 11.2 Å². The number of hydrogen-bond donors (Lipinski definition) is 3. The minimum atomic E-state index is -1.26. The van der Waals surface area contributed by atoms with Crippen LogP contribution in [0.5, 0.6) is 0 Å². The summed E-state index contributed by atoms with van der Waals surface area (Å²) in [5.41, 5.74) is 7.15. The first-order chi connectivity index (χ1) is 12.9. The molecule has 0 aliphatic carbocycles. The van der Waals surface area contributed by atoms with Crippen LogP contribution in [0, 0.1) is 0 Å². The molecule has 0 saturated heterocycles. The fraction of sp³-hybridized carbons (Fsp3) is 0.211. The number of aromatic nitrogens is 1. The van der Waals surface area contributed by atoms with Crippen LogP contribution in [-0.2, 0) is 19.9 Å². The van der Waals surface area contributed by atoms with Gasteiger partial charge in [-0.2, -0.15) is 0 Å². The van der Waals surface area contributed by atoms with Gasteiger partial charge in [0.1, 0.15) is 5.69 Å². The zero-order valence-electron chi connectivity index (χ0n) is 14.4. The highest BCUT2D eigenvalue weighted by Gasteiger charge is 2.45. The Morgan fingerprint density at radius 1 is 1.30 bits per heavy atom. The number of ether oxygens (including phenoxy) is 1. The molecule has 0 spiro atoms. The van der Waals surface area contributed by atoms with Crippen LogP contribution in [0.15, 0.2) is 65.9 Å². The van der Waals surface area contributed by atoms with E-state index in [0.29, 0.717) is 25.0 Å². The predicted octanol–water partition coefficient (Wildman–Crippen LogP) is 2.57. The summed E-state index contributed by atoms with van der Waals surface area (Å²) in [7, 11) is 0. The number of rotatable bonds is 6. The van der Waals surface area contributed by atoms with Crippen LogP contribution in [0.2, 0.25) is 0 Å². The van der Waals surface area contributed by atoms with Gasteiger partial charge in [0.05, 0.1) is 12.3 Å². The zero-order valence-corrected chi connectivity index (χ0v) is 14.4. The third-order valence-electron chi connectivity index (χ3n) is 3.96. The van der Waals surface area contributed by atoms with E-state index in [0.717, 1.165) is 16.7 Å². The molecule has 142 valence electrons. The number of aliphatic carboxylic acids is 2. The molecule has 1 aliphatic heterocycles. The van der Waals surface area contributed by atoms with Crippen molar-refractivity contribution in [1.82, 2.24) is 5.16 Å². The van der Waals surface area contributed by atoms with Gasteiger partial charge in [-0.15, -0.1) is 6.58 Å². The van der Waals surface area contributed by atoms with Gasteiger partial charge in [0.2, 0.25) is 0 Å². The molecule has 1 aromatic heterocycles. The number of nitrogens with two attached hydrogens (primary N) is 1. The monoisotopic (exact) mass is 372 g/mol. The van der Waals surface area contributed by atoms with Gasteiger partial charge in [-0.1, -0.05) is 23.4 Å². The lowest BCUT2D eigenvalue weighted by Crippen LogP contribution is -2.45. The number of para-hydroxylation sites is 1. The van der Waals surface area contributed by atoms with Gasteiger partial charge in [-0.25, -0.2) is 9.59 Å². The molecule has 8 nitrogen and oxygen atoms in total. The molecule has 0 radical (unpaired) electrons. The Kier molecular flexibility index (Phi) is 6.51. The molecule has 2 heterocycles. The van der Waals surface area contributed by atoms with E-state index in [1.165, 1.54) is 0 Å². The summed E-state index contributed by atoms with van der Waals surface area (Å²) in [6.45, 7) is 3.75. The summed E-state index contributed by atoms with van der Waals surface area (Å²) >= 11 is 0. The van der Waals surface area contributed by atoms with Gasteiger partial charge >= 0.3 is 11.9 Å². The summed E-state index contributed by atoms with van der Waals surface area (Å²) in [6.07, 6.45) is 7.92. The van der Waals surface area contributed by atoms with E-state index < -0.39 is 17.5 Å². The number of hydrogen-bond acceptors (Lipinski definition) is 6. The lowest BCUT2D eigenvalue weighted by Gasteiger charge is -2.32. The van der Waals surface area contributed by atoms with E-state index in [9.17, 15) is 9.59 Å². The van der Waals surface area contributed by atoms with Crippen molar-refractivity contribution in [2.24, 2.45) is 5.73 Å². The molecule has 2 atom stereocenters. The minimum Gasteiger partial charge on any atom is -0.487 e. The summed E-state index contributed by atoms with van der Waals surface area (Å²) in [6, 6.07) is 7.53. The maximum absolute atomic E-state index is 9.55. The second-order valence-corrected chi connectivity index (χ2v) is 5.75. The number of carboxylic acid groups (broad SMARTS) is 2. The highest BCUT2D eigenvalue weighted by molar-refractivity contribution is 5.89. The van der Waals surface area contributed by atoms with Gasteiger partial charge in [0, 0.05) is 24.0 Å². The molecule has 4 N–H and O–H groups in total. The van der Waals surface area contributed by atoms with Crippen LogP contribution < -0.4 is 5.73 Å². The smallest absolute Gasteiger partial charge is 0.328 e. The molecule has 0 bridgehead atoms. The lowest BCUT2D eigenvalue weighted by atomic mass is 9.85. The molecule has 1 aliphatic rings. The third-order valence-corrected chi connectivity index (χ3v) is 3.96. The number of nitrogens with zero attached hydrogens (tertiary/aromatic N) is 1. The topological polar surface area (TPSA) is 136 Å². The van der Waals surface area contributed by atoms with Crippen molar-refractivity contribution in [3.05, 3.63) is 67.1 Å². The summed E-state index contributed by atoms with van der Waals surface area (Å²) in [4.78, 5) is 19.1. The van der Waals surface area contributed by atoms with Crippen LogP contribution in [-0.4, -0.2) is 33.4 Å². The van der Waals surface area contributed by atoms with Crippen molar-refractivity contribution in [3.8, 4) is 0 Å². The minimum absolute atomic E-state index is 0.214. The number of benzene rings is 1. The van der Waals surface area contributed by atoms with E-state index in [-0.39, 0.29) is 6.04 Å². The Balaban J connectivity index is 0.000000279. The standard InChI is InChI=1S/C15H16N2O2.C4H4O4/c1-2-6-13(16)15(9-5-10-18-15)14-11-7-3-4-8-12(11)19-17-14;5-3(6)1-2-4(7)8/h2-5,7-8,10,13H,1,6,9,16H2;1-2H,(H,5,6)(H,7,8)/b;2-1+. The molecule has 3 rings (SSSR count). The third kappa shape index (κ3) is 4.62. The van der Waals surface area contributed by atoms with Crippen molar-refractivity contribution in [2.75, 3.05) is 0 Å². The van der Waals surface area contributed by atoms with Crippen LogP contribution >= 0.6 is 0 Å². The molecule has 0 fully saturated rings. The Hall–Kier alpha value is -3.39. The number of fused-ring (bicyclic) bond motifs is 1. The molecule has 8 heteroatoms. The van der Waals surface area contributed by atoms with Gasteiger partial charge in [-0.05, 0) is 24.6 Å². The van der Waals surface area contributed by atoms with Gasteiger partial charge in [0.25, 0.3) is 0 Å². The fourth-order valence-electron chi connectivity index (χ4n) is 2.71. The largest absolute Gasteiger partial charge is 0.487 e. The van der Waals surface area contributed by atoms with Crippen LogP contribution in [0.1, 0.15) is 18.5 Å².